The van der Waals surface area contributed by atoms with E-state index in [1.807, 2.05) is 18.2 Å². The van der Waals surface area contributed by atoms with Crippen LogP contribution in [0, 0.1) is 0 Å². The van der Waals surface area contributed by atoms with Gasteiger partial charge in [-0.05, 0) is 70.3 Å². The van der Waals surface area contributed by atoms with Gasteiger partial charge in [-0.25, -0.2) is 8.42 Å². The molecule has 0 bridgehead atoms. The molecule has 36 heavy (non-hydrogen) atoms. The highest BCUT2D eigenvalue weighted by atomic mass is 32.2. The van der Waals surface area contributed by atoms with E-state index in [4.69, 9.17) is 5.73 Å². The number of hydrogen-bond donors (Lipinski definition) is 2. The molecule has 0 saturated heterocycles. The number of nitrogens with zero attached hydrogens (tertiary/aromatic N) is 1. The van der Waals surface area contributed by atoms with Gasteiger partial charge in [-0.3, -0.25) is 14.3 Å². The Hall–Kier alpha value is -4.17. The van der Waals surface area contributed by atoms with Crippen LogP contribution in [0.2, 0.25) is 0 Å². The zero-order chi connectivity index (χ0) is 25.3. The van der Waals surface area contributed by atoms with Gasteiger partial charge in [-0.15, -0.1) is 0 Å². The Morgan fingerprint density at radius 1 is 0.833 bits per heavy atom. The molecule has 182 valence electrons. The van der Waals surface area contributed by atoms with Crippen LogP contribution in [0.1, 0.15) is 33.5 Å². The van der Waals surface area contributed by atoms with Crippen molar-refractivity contribution >= 4 is 38.3 Å². The van der Waals surface area contributed by atoms with Gasteiger partial charge < -0.3 is 10.6 Å². The number of anilines is 1. The van der Waals surface area contributed by atoms with E-state index in [0.29, 0.717) is 31.6 Å². The zero-order valence-electron chi connectivity index (χ0n) is 19.5. The normalized spacial score (nSPS) is 12.9. The molecule has 1 aliphatic rings. The van der Waals surface area contributed by atoms with Crippen LogP contribution in [0.4, 0.5) is 5.69 Å². The molecule has 0 radical (unpaired) electrons. The second-order valence-electron chi connectivity index (χ2n) is 8.91. The fourth-order valence-electron chi connectivity index (χ4n) is 4.45. The van der Waals surface area contributed by atoms with Crippen LogP contribution in [-0.4, -0.2) is 25.1 Å². The van der Waals surface area contributed by atoms with Gasteiger partial charge in [0, 0.05) is 30.8 Å². The van der Waals surface area contributed by atoms with Gasteiger partial charge in [-0.1, -0.05) is 48.5 Å². The number of primary amides is 1. The summed E-state index contributed by atoms with van der Waals surface area (Å²) in [6, 6.07) is 25.2. The number of rotatable bonds is 7. The molecule has 0 aliphatic carbocycles. The number of fused-ring (bicyclic) bond motifs is 2. The maximum absolute atomic E-state index is 12.9. The molecule has 4 aromatic rings. The van der Waals surface area contributed by atoms with E-state index in [0.717, 1.165) is 22.1 Å². The monoisotopic (exact) mass is 499 g/mol. The molecular formula is C28H25N3O4S. The SMILES string of the molecule is NC(=O)c1ccc(S(=O)(=O)Nc2ccc3c(c2)CN(C(=O)CCc2ccc4ccccc4c2)C3)cc1. The van der Waals surface area contributed by atoms with Crippen molar-refractivity contribution in [3.63, 3.8) is 0 Å². The molecule has 7 nitrogen and oxygen atoms in total. The predicted octanol–water partition coefficient (Wildman–Crippen LogP) is 4.21. The third-order valence-electron chi connectivity index (χ3n) is 6.42. The molecule has 3 N–H and O–H groups in total. The number of nitrogens with one attached hydrogen (secondary N) is 1. The summed E-state index contributed by atoms with van der Waals surface area (Å²) in [5, 5.41) is 2.34. The summed E-state index contributed by atoms with van der Waals surface area (Å²) in [4.78, 5) is 26.0. The largest absolute Gasteiger partial charge is 0.366 e. The molecule has 0 saturated carbocycles. The first kappa shape index (κ1) is 23.6. The van der Waals surface area contributed by atoms with E-state index in [1.165, 1.54) is 29.7 Å². The summed E-state index contributed by atoms with van der Waals surface area (Å²) < 4.78 is 28.1. The molecule has 8 heteroatoms. The van der Waals surface area contributed by atoms with Crippen molar-refractivity contribution in [2.75, 3.05) is 4.72 Å². The number of carbonyl (C=O) groups is 2. The average molecular weight is 500 g/mol. The second kappa shape index (κ2) is 9.47. The van der Waals surface area contributed by atoms with E-state index in [2.05, 4.69) is 35.1 Å². The van der Waals surface area contributed by atoms with Crippen LogP contribution in [0.5, 0.6) is 0 Å². The van der Waals surface area contributed by atoms with Gasteiger partial charge in [0.25, 0.3) is 10.0 Å². The van der Waals surface area contributed by atoms with Crippen molar-refractivity contribution in [2.24, 2.45) is 5.73 Å². The van der Waals surface area contributed by atoms with Crippen molar-refractivity contribution in [1.29, 1.82) is 0 Å². The summed E-state index contributed by atoms with van der Waals surface area (Å²) in [6.07, 6.45) is 1.07. The molecule has 5 rings (SSSR count). The lowest BCUT2D eigenvalue weighted by Crippen LogP contribution is -2.25. The number of hydrogen-bond acceptors (Lipinski definition) is 4. The fourth-order valence-corrected chi connectivity index (χ4v) is 5.50. The predicted molar refractivity (Wildman–Crippen MR) is 139 cm³/mol. The first-order valence-corrected chi connectivity index (χ1v) is 13.1. The zero-order valence-corrected chi connectivity index (χ0v) is 20.3. The third kappa shape index (κ3) is 4.94. The fraction of sp³-hybridized carbons (Fsp3) is 0.143. The minimum absolute atomic E-state index is 0.0264. The highest BCUT2D eigenvalue weighted by molar-refractivity contribution is 7.92. The van der Waals surface area contributed by atoms with Gasteiger partial charge >= 0.3 is 0 Å². The number of nitrogens with two attached hydrogens (primary N) is 1. The van der Waals surface area contributed by atoms with E-state index in [9.17, 15) is 18.0 Å². The maximum Gasteiger partial charge on any atom is 0.261 e. The standard InChI is InChI=1S/C28H25N3O4S/c29-28(33)21-9-12-26(13-10-21)36(34,35)30-25-11-8-23-17-31(18-24(23)16-25)27(32)14-6-19-5-7-20-3-1-2-4-22(20)15-19/h1-5,7-13,15-16,30H,6,14,17-18H2,(H2,29,33). The van der Waals surface area contributed by atoms with Crippen LogP contribution in [-0.2, 0) is 34.3 Å². The maximum atomic E-state index is 12.9. The minimum Gasteiger partial charge on any atom is -0.366 e. The van der Waals surface area contributed by atoms with E-state index in [1.54, 1.807) is 17.0 Å². The number of amides is 2. The molecule has 2 amide bonds. The van der Waals surface area contributed by atoms with Crippen LogP contribution >= 0.6 is 0 Å². The van der Waals surface area contributed by atoms with E-state index >= 15 is 0 Å². The quantitative estimate of drug-likeness (QED) is 0.397. The molecule has 0 unspecified atom stereocenters. The minimum atomic E-state index is -3.84. The van der Waals surface area contributed by atoms with Crippen LogP contribution in [0.15, 0.2) is 89.8 Å². The molecule has 0 atom stereocenters. The Bertz CT molecular complexity index is 1580. The first-order chi connectivity index (χ1) is 17.3. The van der Waals surface area contributed by atoms with Gasteiger partial charge in [0.1, 0.15) is 0 Å². The smallest absolute Gasteiger partial charge is 0.261 e. The molecular weight excluding hydrogens is 474 g/mol. The topological polar surface area (TPSA) is 110 Å². The summed E-state index contributed by atoms with van der Waals surface area (Å²) >= 11 is 0. The summed E-state index contributed by atoms with van der Waals surface area (Å²) in [5.41, 5.74) is 8.91. The third-order valence-corrected chi connectivity index (χ3v) is 7.82. The Labute approximate surface area is 209 Å². The number of sulfonamides is 1. The van der Waals surface area contributed by atoms with E-state index < -0.39 is 15.9 Å². The summed E-state index contributed by atoms with van der Waals surface area (Å²) in [6.45, 7) is 0.947. The second-order valence-corrected chi connectivity index (χ2v) is 10.6. The van der Waals surface area contributed by atoms with Gasteiger partial charge in [0.05, 0.1) is 4.90 Å². The molecule has 1 heterocycles. The number of aryl methyl sites for hydroxylation is 1. The van der Waals surface area contributed by atoms with Crippen molar-refractivity contribution in [1.82, 2.24) is 4.90 Å². The van der Waals surface area contributed by atoms with Crippen molar-refractivity contribution in [3.05, 3.63) is 107 Å². The van der Waals surface area contributed by atoms with Crippen molar-refractivity contribution < 1.29 is 18.0 Å². The Morgan fingerprint density at radius 2 is 1.56 bits per heavy atom. The van der Waals surface area contributed by atoms with E-state index in [-0.39, 0.29) is 16.4 Å². The molecule has 0 aromatic heterocycles. The van der Waals surface area contributed by atoms with Crippen molar-refractivity contribution in [3.8, 4) is 0 Å². The van der Waals surface area contributed by atoms with Gasteiger partial charge in [0.2, 0.25) is 11.8 Å². The lowest BCUT2D eigenvalue weighted by molar-refractivity contribution is -0.131. The molecule has 4 aromatic carbocycles. The van der Waals surface area contributed by atoms with Crippen LogP contribution in [0.25, 0.3) is 10.8 Å². The van der Waals surface area contributed by atoms with Gasteiger partial charge in [-0.2, -0.15) is 0 Å². The van der Waals surface area contributed by atoms with Gasteiger partial charge in [0.15, 0.2) is 0 Å². The number of carbonyl (C=O) groups excluding carboxylic acids is 2. The Kier molecular flexibility index (Phi) is 6.20. The Balaban J connectivity index is 1.22. The molecule has 1 aliphatic heterocycles. The van der Waals surface area contributed by atoms with Crippen LogP contribution in [0.3, 0.4) is 0 Å². The summed E-state index contributed by atoms with van der Waals surface area (Å²) in [5.74, 6) is -0.557. The summed E-state index contributed by atoms with van der Waals surface area (Å²) in [7, 11) is -3.84. The Morgan fingerprint density at radius 3 is 2.31 bits per heavy atom. The number of benzene rings is 4. The average Bonchev–Trinajstić information content (AvgIpc) is 3.30. The molecule has 0 spiro atoms. The lowest BCUT2D eigenvalue weighted by atomic mass is 10.0. The highest BCUT2D eigenvalue weighted by Crippen LogP contribution is 2.28. The molecule has 0 fully saturated rings. The first-order valence-electron chi connectivity index (χ1n) is 11.6. The highest BCUT2D eigenvalue weighted by Gasteiger charge is 2.24. The lowest BCUT2D eigenvalue weighted by Gasteiger charge is -2.15. The van der Waals surface area contributed by atoms with Crippen molar-refractivity contribution in [2.45, 2.75) is 30.8 Å². The van der Waals surface area contributed by atoms with Crippen LogP contribution < -0.4 is 10.5 Å².